The molecular weight excluding hydrogens is 378 g/mol. The quantitative estimate of drug-likeness (QED) is 0.326. The minimum Gasteiger partial charge on any atom is -0.482 e. The van der Waals surface area contributed by atoms with E-state index in [1.807, 2.05) is 0 Å². The van der Waals surface area contributed by atoms with E-state index in [4.69, 9.17) is 14.2 Å². The number of nitro benzene ring substituents is 1. The molecule has 0 atom stereocenters. The van der Waals surface area contributed by atoms with Crippen LogP contribution in [-0.2, 0) is 9.53 Å². The van der Waals surface area contributed by atoms with Crippen molar-refractivity contribution in [3.05, 3.63) is 69.5 Å². The summed E-state index contributed by atoms with van der Waals surface area (Å²) in [6.07, 6.45) is 1.51. The summed E-state index contributed by atoms with van der Waals surface area (Å²) in [7, 11) is 0. The molecule has 1 heterocycles. The maximum absolute atomic E-state index is 12.5. The predicted molar refractivity (Wildman–Crippen MR) is 104 cm³/mol. The van der Waals surface area contributed by atoms with Gasteiger partial charge in [0.05, 0.1) is 10.5 Å². The predicted octanol–water partition coefficient (Wildman–Crippen LogP) is 3.93. The second-order valence-electron chi connectivity index (χ2n) is 7.32. The molecule has 2 aromatic carbocycles. The molecule has 1 aliphatic heterocycles. The highest BCUT2D eigenvalue weighted by molar-refractivity contribution is 6.14. The number of allylic oxidation sites excluding steroid dienone is 1. The molecular formula is C21H19NO7. The molecule has 0 N–H and O–H groups in total. The largest absolute Gasteiger partial charge is 0.482 e. The monoisotopic (exact) mass is 397 g/mol. The fourth-order valence-electron chi connectivity index (χ4n) is 2.61. The van der Waals surface area contributed by atoms with Gasteiger partial charge in [0.15, 0.2) is 12.4 Å². The minimum absolute atomic E-state index is 0.0409. The van der Waals surface area contributed by atoms with Crippen molar-refractivity contribution in [2.75, 3.05) is 6.61 Å². The highest BCUT2D eigenvalue weighted by Gasteiger charge is 2.28. The van der Waals surface area contributed by atoms with E-state index >= 15 is 0 Å². The zero-order valence-corrected chi connectivity index (χ0v) is 16.1. The molecule has 8 nitrogen and oxygen atoms in total. The standard InChI is InChI=1S/C21H19NO7/c1-21(2,3)29-19(23)12-27-15-8-9-16-17(11-15)28-18(20(16)24)10-13-4-6-14(7-5-13)22(25)26/h4-11H,12H2,1-3H3. The number of ketones is 1. The maximum atomic E-state index is 12.5. The Labute approximate surface area is 166 Å². The Hall–Kier alpha value is -3.68. The van der Waals surface area contributed by atoms with Crippen LogP contribution in [0.3, 0.4) is 0 Å². The smallest absolute Gasteiger partial charge is 0.344 e. The van der Waals surface area contributed by atoms with Crippen molar-refractivity contribution in [1.29, 1.82) is 0 Å². The number of ether oxygens (including phenoxy) is 3. The number of fused-ring (bicyclic) bond motifs is 1. The number of nitrogens with zero attached hydrogens (tertiary/aromatic N) is 1. The van der Waals surface area contributed by atoms with E-state index in [9.17, 15) is 19.7 Å². The van der Waals surface area contributed by atoms with E-state index in [0.717, 1.165) is 0 Å². The van der Waals surface area contributed by atoms with E-state index in [1.165, 1.54) is 36.4 Å². The van der Waals surface area contributed by atoms with Gasteiger partial charge in [0, 0.05) is 18.2 Å². The number of carbonyl (C=O) groups excluding carboxylic acids is 2. The molecule has 150 valence electrons. The molecule has 0 saturated heterocycles. The lowest BCUT2D eigenvalue weighted by atomic mass is 10.1. The topological polar surface area (TPSA) is 105 Å². The van der Waals surface area contributed by atoms with Gasteiger partial charge in [-0.15, -0.1) is 0 Å². The fourth-order valence-corrected chi connectivity index (χ4v) is 2.61. The molecule has 29 heavy (non-hydrogen) atoms. The van der Waals surface area contributed by atoms with E-state index in [1.54, 1.807) is 32.9 Å². The summed E-state index contributed by atoms with van der Waals surface area (Å²) < 4.78 is 16.2. The van der Waals surface area contributed by atoms with Gasteiger partial charge in [-0.2, -0.15) is 0 Å². The van der Waals surface area contributed by atoms with E-state index in [-0.39, 0.29) is 23.8 Å². The van der Waals surface area contributed by atoms with Gasteiger partial charge >= 0.3 is 5.97 Å². The van der Waals surface area contributed by atoms with Crippen molar-refractivity contribution in [1.82, 2.24) is 0 Å². The second-order valence-corrected chi connectivity index (χ2v) is 7.32. The van der Waals surface area contributed by atoms with Crippen LogP contribution in [0.25, 0.3) is 6.08 Å². The van der Waals surface area contributed by atoms with Gasteiger partial charge in [-0.05, 0) is 56.7 Å². The van der Waals surface area contributed by atoms with Crippen LogP contribution in [0.2, 0.25) is 0 Å². The van der Waals surface area contributed by atoms with Crippen molar-refractivity contribution >= 4 is 23.5 Å². The van der Waals surface area contributed by atoms with Gasteiger partial charge in [-0.25, -0.2) is 4.79 Å². The summed E-state index contributed by atoms with van der Waals surface area (Å²) >= 11 is 0. The Balaban J connectivity index is 1.70. The van der Waals surface area contributed by atoms with Crippen molar-refractivity contribution in [3.8, 4) is 11.5 Å². The van der Waals surface area contributed by atoms with Crippen LogP contribution in [-0.4, -0.2) is 28.9 Å². The SMILES string of the molecule is CC(C)(C)OC(=O)COc1ccc2c(c1)OC(=Cc1ccc([N+](=O)[O-])cc1)C2=O. The summed E-state index contributed by atoms with van der Waals surface area (Å²) in [5.41, 5.74) is 0.308. The summed E-state index contributed by atoms with van der Waals surface area (Å²) in [5.74, 6) is -0.0483. The maximum Gasteiger partial charge on any atom is 0.344 e. The molecule has 0 unspecified atom stereocenters. The molecule has 8 heteroatoms. The Morgan fingerprint density at radius 1 is 1.17 bits per heavy atom. The molecule has 0 aromatic heterocycles. The summed E-state index contributed by atoms with van der Waals surface area (Å²) in [5, 5.41) is 10.7. The van der Waals surface area contributed by atoms with Crippen molar-refractivity contribution in [2.24, 2.45) is 0 Å². The van der Waals surface area contributed by atoms with Crippen LogP contribution in [0, 0.1) is 10.1 Å². The summed E-state index contributed by atoms with van der Waals surface area (Å²) in [6.45, 7) is 5.02. The lowest BCUT2D eigenvalue weighted by Crippen LogP contribution is -2.27. The molecule has 0 fully saturated rings. The number of carbonyl (C=O) groups is 2. The molecule has 3 rings (SSSR count). The van der Waals surface area contributed by atoms with Crippen molar-refractivity contribution in [2.45, 2.75) is 26.4 Å². The van der Waals surface area contributed by atoms with Crippen molar-refractivity contribution < 1.29 is 28.7 Å². The highest BCUT2D eigenvalue weighted by atomic mass is 16.6. The lowest BCUT2D eigenvalue weighted by Gasteiger charge is -2.19. The Morgan fingerprint density at radius 3 is 2.48 bits per heavy atom. The molecule has 2 aromatic rings. The molecule has 0 radical (unpaired) electrons. The number of esters is 1. The van der Waals surface area contributed by atoms with Crippen LogP contribution in [0.4, 0.5) is 5.69 Å². The Morgan fingerprint density at radius 2 is 1.86 bits per heavy atom. The summed E-state index contributed by atoms with van der Waals surface area (Å²) in [6, 6.07) is 10.4. The third-order valence-electron chi connectivity index (χ3n) is 3.82. The lowest BCUT2D eigenvalue weighted by molar-refractivity contribution is -0.384. The van der Waals surface area contributed by atoms with Crippen LogP contribution < -0.4 is 9.47 Å². The number of hydrogen-bond donors (Lipinski definition) is 0. The van der Waals surface area contributed by atoms with Gasteiger partial charge in [0.25, 0.3) is 5.69 Å². The minimum atomic E-state index is -0.606. The molecule has 0 bridgehead atoms. The van der Waals surface area contributed by atoms with Gasteiger partial charge in [0.2, 0.25) is 5.78 Å². The first-order valence-electron chi connectivity index (χ1n) is 8.80. The fraction of sp³-hybridized carbons (Fsp3) is 0.238. The van der Waals surface area contributed by atoms with Gasteiger partial charge in [-0.1, -0.05) is 0 Å². The molecule has 0 aliphatic carbocycles. The van der Waals surface area contributed by atoms with E-state index in [2.05, 4.69) is 0 Å². The third kappa shape index (κ3) is 4.98. The number of Topliss-reactive ketones (excluding diaryl/α,β-unsaturated/α-hetero) is 1. The zero-order chi connectivity index (χ0) is 21.2. The van der Waals surface area contributed by atoms with Crippen LogP contribution in [0.5, 0.6) is 11.5 Å². The first kappa shape index (κ1) is 20.1. The number of nitro groups is 1. The van der Waals surface area contributed by atoms with E-state index in [0.29, 0.717) is 22.6 Å². The number of benzene rings is 2. The summed E-state index contributed by atoms with van der Waals surface area (Å²) in [4.78, 5) is 34.5. The first-order valence-corrected chi connectivity index (χ1v) is 8.80. The normalized spacial score (nSPS) is 14.3. The average Bonchev–Trinajstić information content (AvgIpc) is 2.94. The molecule has 0 saturated carbocycles. The van der Waals surface area contributed by atoms with Crippen molar-refractivity contribution in [3.63, 3.8) is 0 Å². The zero-order valence-electron chi connectivity index (χ0n) is 16.1. The van der Waals surface area contributed by atoms with E-state index < -0.39 is 16.5 Å². The Kier molecular flexibility index (Phi) is 5.36. The molecule has 0 spiro atoms. The molecule has 0 amide bonds. The highest BCUT2D eigenvalue weighted by Crippen LogP contribution is 2.35. The van der Waals surface area contributed by atoms with Crippen LogP contribution in [0.15, 0.2) is 48.2 Å². The third-order valence-corrected chi connectivity index (χ3v) is 3.82. The Bertz CT molecular complexity index is 1000. The van der Waals surface area contributed by atoms with Gasteiger partial charge in [-0.3, -0.25) is 14.9 Å². The number of non-ortho nitro benzene ring substituents is 1. The van der Waals surface area contributed by atoms with Crippen LogP contribution >= 0.6 is 0 Å². The average molecular weight is 397 g/mol. The van der Waals surface area contributed by atoms with Gasteiger partial charge < -0.3 is 14.2 Å². The number of rotatable bonds is 5. The molecule has 1 aliphatic rings. The van der Waals surface area contributed by atoms with Gasteiger partial charge in [0.1, 0.15) is 17.1 Å². The first-order chi connectivity index (χ1) is 13.6. The second kappa shape index (κ2) is 7.75. The number of hydrogen-bond acceptors (Lipinski definition) is 7. The van der Waals surface area contributed by atoms with Crippen LogP contribution in [0.1, 0.15) is 36.7 Å².